The topological polar surface area (TPSA) is 79.7 Å². The van der Waals surface area contributed by atoms with Crippen LogP contribution in [0.5, 0.6) is 5.75 Å². The number of pyridine rings is 1. The van der Waals surface area contributed by atoms with Crippen molar-refractivity contribution in [3.05, 3.63) is 65.5 Å². The van der Waals surface area contributed by atoms with E-state index in [2.05, 4.69) is 4.98 Å². The first-order valence-electron chi connectivity index (χ1n) is 9.50. The highest BCUT2D eigenvalue weighted by Crippen LogP contribution is 2.40. The second kappa shape index (κ2) is 8.69. The molecule has 146 valence electrons. The summed E-state index contributed by atoms with van der Waals surface area (Å²) in [5.41, 5.74) is 1.28. The third kappa shape index (κ3) is 3.76. The molecule has 0 spiro atoms. The first-order valence-corrected chi connectivity index (χ1v) is 9.50. The highest BCUT2D eigenvalue weighted by molar-refractivity contribution is 6.46. The number of ether oxygens (including phenoxy) is 1. The number of amides is 1. The molecule has 1 atom stereocenters. The molecule has 6 nitrogen and oxygen atoms in total. The first-order chi connectivity index (χ1) is 13.6. The summed E-state index contributed by atoms with van der Waals surface area (Å²) < 4.78 is 5.58. The minimum Gasteiger partial charge on any atom is -0.507 e. The van der Waals surface area contributed by atoms with Crippen molar-refractivity contribution in [1.82, 2.24) is 9.88 Å². The summed E-state index contributed by atoms with van der Waals surface area (Å²) in [6, 6.07) is 9.89. The fourth-order valence-electron chi connectivity index (χ4n) is 3.39. The zero-order valence-electron chi connectivity index (χ0n) is 16.1. The van der Waals surface area contributed by atoms with Crippen LogP contribution in [0.1, 0.15) is 43.9 Å². The number of nitrogens with zero attached hydrogens (tertiary/aromatic N) is 2. The van der Waals surface area contributed by atoms with Gasteiger partial charge in [-0.15, -0.1) is 0 Å². The molecule has 2 heterocycles. The van der Waals surface area contributed by atoms with E-state index in [1.165, 1.54) is 12.4 Å². The molecule has 0 radical (unpaired) electrons. The fourth-order valence-corrected chi connectivity index (χ4v) is 3.39. The third-order valence-electron chi connectivity index (χ3n) is 4.73. The summed E-state index contributed by atoms with van der Waals surface area (Å²) in [6.07, 6.45) is 4.73. The SMILES string of the molecule is CCCCN1C(=O)C(=O)/C(=C(\O)c2ccncc2)C1c1cccc(OCC)c1. The Labute approximate surface area is 164 Å². The number of ketones is 1. The summed E-state index contributed by atoms with van der Waals surface area (Å²) in [4.78, 5) is 31.1. The van der Waals surface area contributed by atoms with Crippen LogP contribution in [-0.4, -0.2) is 39.8 Å². The van der Waals surface area contributed by atoms with Gasteiger partial charge in [-0.1, -0.05) is 25.5 Å². The Hall–Kier alpha value is -3.15. The van der Waals surface area contributed by atoms with Crippen LogP contribution in [0, 0.1) is 0 Å². The van der Waals surface area contributed by atoms with Crippen molar-refractivity contribution in [3.63, 3.8) is 0 Å². The maximum atomic E-state index is 12.8. The Balaban J connectivity index is 2.14. The molecular formula is C22H24N2O4. The number of aliphatic hydroxyl groups is 1. The Morgan fingerprint density at radius 1 is 1.18 bits per heavy atom. The molecule has 0 bridgehead atoms. The van der Waals surface area contributed by atoms with E-state index in [4.69, 9.17) is 4.74 Å². The molecule has 1 aliphatic rings. The van der Waals surface area contributed by atoms with Crippen LogP contribution in [0.15, 0.2) is 54.4 Å². The minimum atomic E-state index is -0.669. The summed E-state index contributed by atoms with van der Waals surface area (Å²) in [5.74, 6) is -0.787. The van der Waals surface area contributed by atoms with Crippen LogP contribution in [0.3, 0.4) is 0 Å². The molecule has 1 fully saturated rings. The van der Waals surface area contributed by atoms with Crippen molar-refractivity contribution in [2.45, 2.75) is 32.7 Å². The lowest BCUT2D eigenvalue weighted by Gasteiger charge is -2.25. The fraction of sp³-hybridized carbons (Fsp3) is 0.318. The lowest BCUT2D eigenvalue weighted by Crippen LogP contribution is -2.30. The number of carbonyl (C=O) groups is 2. The van der Waals surface area contributed by atoms with E-state index in [0.29, 0.717) is 24.5 Å². The molecule has 3 rings (SSSR count). The van der Waals surface area contributed by atoms with Crippen LogP contribution in [-0.2, 0) is 9.59 Å². The molecule has 1 aromatic heterocycles. The molecule has 0 saturated carbocycles. The highest BCUT2D eigenvalue weighted by atomic mass is 16.5. The van der Waals surface area contributed by atoms with Crippen LogP contribution in [0.25, 0.3) is 5.76 Å². The number of carbonyl (C=O) groups excluding carboxylic acids is 2. The number of hydrogen-bond donors (Lipinski definition) is 1. The smallest absolute Gasteiger partial charge is 0.295 e. The van der Waals surface area contributed by atoms with Gasteiger partial charge >= 0.3 is 0 Å². The Kier molecular flexibility index (Phi) is 6.09. The van der Waals surface area contributed by atoms with E-state index < -0.39 is 17.7 Å². The molecule has 1 N–H and O–H groups in total. The van der Waals surface area contributed by atoms with Gasteiger partial charge in [0.25, 0.3) is 11.7 Å². The summed E-state index contributed by atoms with van der Waals surface area (Å²) in [5, 5.41) is 10.9. The van der Waals surface area contributed by atoms with Gasteiger partial charge in [-0.2, -0.15) is 0 Å². The molecule has 1 saturated heterocycles. The van der Waals surface area contributed by atoms with Gasteiger partial charge in [0.15, 0.2) is 0 Å². The lowest BCUT2D eigenvalue weighted by atomic mass is 9.95. The second-order valence-electron chi connectivity index (χ2n) is 6.59. The maximum absolute atomic E-state index is 12.8. The first kappa shape index (κ1) is 19.6. The molecule has 0 aliphatic carbocycles. The van der Waals surface area contributed by atoms with Crippen molar-refractivity contribution in [3.8, 4) is 5.75 Å². The van der Waals surface area contributed by atoms with E-state index in [0.717, 1.165) is 18.4 Å². The third-order valence-corrected chi connectivity index (χ3v) is 4.73. The Morgan fingerprint density at radius 2 is 1.93 bits per heavy atom. The average molecular weight is 380 g/mol. The number of aliphatic hydroxyl groups excluding tert-OH is 1. The standard InChI is InChI=1S/C22H24N2O4/c1-3-5-13-24-19(16-7-6-8-17(14-16)28-4-2)18(21(26)22(24)27)20(25)15-9-11-23-12-10-15/h6-12,14,19,25H,3-5,13H2,1-2H3/b20-18-. The van der Waals surface area contributed by atoms with Crippen molar-refractivity contribution in [1.29, 1.82) is 0 Å². The second-order valence-corrected chi connectivity index (χ2v) is 6.59. The maximum Gasteiger partial charge on any atom is 0.295 e. The normalized spacial score (nSPS) is 18.5. The summed E-state index contributed by atoms with van der Waals surface area (Å²) >= 11 is 0. The van der Waals surface area contributed by atoms with Gasteiger partial charge in [-0.05, 0) is 43.2 Å². The number of rotatable bonds is 7. The predicted octanol–water partition coefficient (Wildman–Crippen LogP) is 3.70. The van der Waals surface area contributed by atoms with Crippen molar-refractivity contribution in [2.75, 3.05) is 13.2 Å². The zero-order chi connectivity index (χ0) is 20.1. The van der Waals surface area contributed by atoms with Crippen LogP contribution >= 0.6 is 0 Å². The number of benzene rings is 1. The van der Waals surface area contributed by atoms with E-state index in [9.17, 15) is 14.7 Å². The monoisotopic (exact) mass is 380 g/mol. The van der Waals surface area contributed by atoms with Gasteiger partial charge in [0.1, 0.15) is 11.5 Å². The highest BCUT2D eigenvalue weighted by Gasteiger charge is 2.45. The largest absolute Gasteiger partial charge is 0.507 e. The van der Waals surface area contributed by atoms with E-state index >= 15 is 0 Å². The van der Waals surface area contributed by atoms with Gasteiger partial charge in [-0.25, -0.2) is 0 Å². The number of aromatic nitrogens is 1. The molecule has 1 amide bonds. The molecule has 28 heavy (non-hydrogen) atoms. The minimum absolute atomic E-state index is 0.0981. The van der Waals surface area contributed by atoms with E-state index in [1.54, 1.807) is 17.0 Å². The van der Waals surface area contributed by atoms with Gasteiger partial charge < -0.3 is 14.7 Å². The van der Waals surface area contributed by atoms with Crippen LogP contribution in [0.2, 0.25) is 0 Å². The Bertz CT molecular complexity index is 892. The molecular weight excluding hydrogens is 356 g/mol. The number of likely N-dealkylation sites (tertiary alicyclic amines) is 1. The predicted molar refractivity (Wildman–Crippen MR) is 106 cm³/mol. The van der Waals surface area contributed by atoms with Gasteiger partial charge in [0, 0.05) is 24.5 Å². The number of hydrogen-bond acceptors (Lipinski definition) is 5. The Morgan fingerprint density at radius 3 is 2.61 bits per heavy atom. The lowest BCUT2D eigenvalue weighted by molar-refractivity contribution is -0.139. The molecule has 2 aromatic rings. The van der Waals surface area contributed by atoms with Crippen molar-refractivity contribution < 1.29 is 19.4 Å². The van der Waals surface area contributed by atoms with E-state index in [-0.39, 0.29) is 11.3 Å². The number of Topliss-reactive ketones (excluding diaryl/α,β-unsaturated/α-hetero) is 1. The average Bonchev–Trinajstić information content (AvgIpc) is 2.97. The zero-order valence-corrected chi connectivity index (χ0v) is 16.1. The van der Waals surface area contributed by atoms with Crippen LogP contribution < -0.4 is 4.74 Å². The van der Waals surface area contributed by atoms with Crippen molar-refractivity contribution >= 4 is 17.4 Å². The van der Waals surface area contributed by atoms with Gasteiger partial charge in [0.05, 0.1) is 18.2 Å². The van der Waals surface area contributed by atoms with Crippen LogP contribution in [0.4, 0.5) is 0 Å². The summed E-state index contributed by atoms with van der Waals surface area (Å²) in [7, 11) is 0. The summed E-state index contributed by atoms with van der Waals surface area (Å²) in [6.45, 7) is 4.87. The van der Waals surface area contributed by atoms with Crippen molar-refractivity contribution in [2.24, 2.45) is 0 Å². The van der Waals surface area contributed by atoms with Gasteiger partial charge in [-0.3, -0.25) is 14.6 Å². The number of unbranched alkanes of at least 4 members (excludes halogenated alkanes) is 1. The quantitative estimate of drug-likeness (QED) is 0.450. The molecule has 1 aromatic carbocycles. The van der Waals surface area contributed by atoms with E-state index in [1.807, 2.05) is 38.1 Å². The molecule has 1 unspecified atom stereocenters. The van der Waals surface area contributed by atoms with Gasteiger partial charge in [0.2, 0.25) is 0 Å². The molecule has 6 heteroatoms. The molecule has 1 aliphatic heterocycles.